The van der Waals surface area contributed by atoms with Crippen molar-refractivity contribution in [1.29, 1.82) is 0 Å². The summed E-state index contributed by atoms with van der Waals surface area (Å²) < 4.78 is 0. The highest BCUT2D eigenvalue weighted by atomic mass is 16.2. The smallest absolute Gasteiger partial charge is 0.238 e. The van der Waals surface area contributed by atoms with E-state index in [2.05, 4.69) is 10.6 Å². The molecule has 0 radical (unpaired) electrons. The standard InChI is InChI=1S/C17H20N4O2/c18-10-16(22)20-14-5-1-12(2-6-14)9-13-3-7-15(8-4-13)21-17(23)11-19/h1-8H,9-11,18-19H2,(H,20,22)(H,21,23). The molecule has 0 heterocycles. The first-order valence-corrected chi connectivity index (χ1v) is 7.28. The molecule has 23 heavy (non-hydrogen) atoms. The van der Waals surface area contributed by atoms with Gasteiger partial charge in [0.05, 0.1) is 13.1 Å². The zero-order valence-corrected chi connectivity index (χ0v) is 12.7. The summed E-state index contributed by atoms with van der Waals surface area (Å²) in [6.45, 7) is -0.0659. The zero-order valence-electron chi connectivity index (χ0n) is 12.7. The summed E-state index contributed by atoms with van der Waals surface area (Å²) in [4.78, 5) is 22.4. The van der Waals surface area contributed by atoms with E-state index in [1.165, 1.54) is 0 Å². The molecule has 0 fully saturated rings. The van der Waals surface area contributed by atoms with Crippen molar-refractivity contribution < 1.29 is 9.59 Å². The van der Waals surface area contributed by atoms with Gasteiger partial charge in [-0.1, -0.05) is 24.3 Å². The highest BCUT2D eigenvalue weighted by molar-refractivity contribution is 5.92. The summed E-state index contributed by atoms with van der Waals surface area (Å²) in [5.41, 5.74) is 14.2. The van der Waals surface area contributed by atoms with Crippen molar-refractivity contribution in [3.05, 3.63) is 59.7 Å². The Bertz CT molecular complexity index is 606. The molecule has 0 aliphatic heterocycles. The molecule has 0 aliphatic carbocycles. The van der Waals surface area contributed by atoms with Crippen LogP contribution in [0.4, 0.5) is 11.4 Å². The molecule has 0 spiro atoms. The second-order valence-electron chi connectivity index (χ2n) is 5.08. The molecule has 120 valence electrons. The largest absolute Gasteiger partial charge is 0.325 e. The summed E-state index contributed by atoms with van der Waals surface area (Å²) in [5.74, 6) is -0.430. The van der Waals surface area contributed by atoms with Gasteiger partial charge in [0, 0.05) is 11.4 Å². The lowest BCUT2D eigenvalue weighted by molar-refractivity contribution is -0.115. The van der Waals surface area contributed by atoms with E-state index in [9.17, 15) is 9.59 Å². The number of carbonyl (C=O) groups excluding carboxylic acids is 2. The van der Waals surface area contributed by atoms with Crippen molar-refractivity contribution in [3.8, 4) is 0 Å². The van der Waals surface area contributed by atoms with Crippen LogP contribution in [0.1, 0.15) is 11.1 Å². The van der Waals surface area contributed by atoms with Crippen molar-refractivity contribution in [2.75, 3.05) is 23.7 Å². The molecule has 0 aliphatic rings. The third kappa shape index (κ3) is 5.21. The first-order valence-electron chi connectivity index (χ1n) is 7.28. The SMILES string of the molecule is NCC(=O)Nc1ccc(Cc2ccc(NC(=O)CN)cc2)cc1. The second-order valence-corrected chi connectivity index (χ2v) is 5.08. The Morgan fingerprint density at radius 3 is 1.35 bits per heavy atom. The molecular weight excluding hydrogens is 292 g/mol. The summed E-state index contributed by atoms with van der Waals surface area (Å²) in [5, 5.41) is 5.40. The monoisotopic (exact) mass is 312 g/mol. The fourth-order valence-electron chi connectivity index (χ4n) is 2.07. The number of nitrogens with one attached hydrogen (secondary N) is 2. The number of carbonyl (C=O) groups is 2. The number of nitrogens with two attached hydrogens (primary N) is 2. The van der Waals surface area contributed by atoms with Crippen LogP contribution in [0.5, 0.6) is 0 Å². The lowest BCUT2D eigenvalue weighted by atomic mass is 10.0. The average Bonchev–Trinajstić information content (AvgIpc) is 2.58. The molecule has 0 atom stereocenters. The van der Waals surface area contributed by atoms with Crippen LogP contribution in [0.2, 0.25) is 0 Å². The van der Waals surface area contributed by atoms with Crippen LogP contribution in [0, 0.1) is 0 Å². The van der Waals surface area contributed by atoms with Crippen molar-refractivity contribution in [3.63, 3.8) is 0 Å². The predicted molar refractivity (Wildman–Crippen MR) is 91.1 cm³/mol. The van der Waals surface area contributed by atoms with Crippen molar-refractivity contribution >= 4 is 23.2 Å². The van der Waals surface area contributed by atoms with Crippen LogP contribution in [0.25, 0.3) is 0 Å². The Labute approximate surface area is 134 Å². The Balaban J connectivity index is 1.96. The third-order valence-corrected chi connectivity index (χ3v) is 3.25. The Kier molecular flexibility index (Phi) is 5.85. The topological polar surface area (TPSA) is 110 Å². The number of anilines is 2. The minimum atomic E-state index is -0.215. The fraction of sp³-hybridized carbons (Fsp3) is 0.176. The quantitative estimate of drug-likeness (QED) is 0.639. The van der Waals surface area contributed by atoms with Gasteiger partial charge in [-0.05, 0) is 41.8 Å². The van der Waals surface area contributed by atoms with Gasteiger partial charge in [-0.15, -0.1) is 0 Å². The Morgan fingerprint density at radius 1 is 0.696 bits per heavy atom. The molecule has 0 aromatic heterocycles. The Morgan fingerprint density at radius 2 is 1.04 bits per heavy atom. The van der Waals surface area contributed by atoms with Gasteiger partial charge in [0.25, 0.3) is 0 Å². The molecule has 0 saturated heterocycles. The van der Waals surface area contributed by atoms with E-state index in [-0.39, 0.29) is 24.9 Å². The second kappa shape index (κ2) is 8.07. The van der Waals surface area contributed by atoms with Gasteiger partial charge in [-0.2, -0.15) is 0 Å². The summed E-state index contributed by atoms with van der Waals surface area (Å²) in [6.07, 6.45) is 0.760. The first kappa shape index (κ1) is 16.7. The van der Waals surface area contributed by atoms with Crippen LogP contribution in [-0.4, -0.2) is 24.9 Å². The van der Waals surface area contributed by atoms with E-state index in [1.807, 2.05) is 48.5 Å². The highest BCUT2D eigenvalue weighted by Crippen LogP contribution is 2.16. The van der Waals surface area contributed by atoms with E-state index >= 15 is 0 Å². The van der Waals surface area contributed by atoms with Gasteiger partial charge in [-0.25, -0.2) is 0 Å². The van der Waals surface area contributed by atoms with Crippen LogP contribution in [0.15, 0.2) is 48.5 Å². The number of rotatable bonds is 6. The van der Waals surface area contributed by atoms with Gasteiger partial charge < -0.3 is 22.1 Å². The van der Waals surface area contributed by atoms with Gasteiger partial charge in [0.2, 0.25) is 11.8 Å². The summed E-state index contributed by atoms with van der Waals surface area (Å²) in [6, 6.07) is 15.2. The summed E-state index contributed by atoms with van der Waals surface area (Å²) in [7, 11) is 0. The maximum Gasteiger partial charge on any atom is 0.238 e. The molecular formula is C17H20N4O2. The van der Waals surface area contributed by atoms with Crippen LogP contribution < -0.4 is 22.1 Å². The van der Waals surface area contributed by atoms with Crippen LogP contribution in [0.3, 0.4) is 0 Å². The average molecular weight is 312 g/mol. The Hall–Kier alpha value is -2.70. The summed E-state index contributed by atoms with van der Waals surface area (Å²) >= 11 is 0. The third-order valence-electron chi connectivity index (χ3n) is 3.25. The number of hydrogen-bond acceptors (Lipinski definition) is 4. The zero-order chi connectivity index (χ0) is 16.7. The van der Waals surface area contributed by atoms with E-state index in [0.29, 0.717) is 0 Å². The number of hydrogen-bond donors (Lipinski definition) is 4. The van der Waals surface area contributed by atoms with Gasteiger partial charge >= 0.3 is 0 Å². The number of amides is 2. The van der Waals surface area contributed by atoms with Crippen LogP contribution in [-0.2, 0) is 16.0 Å². The molecule has 0 bridgehead atoms. The molecule has 0 unspecified atom stereocenters. The lowest BCUT2D eigenvalue weighted by Crippen LogP contribution is -2.21. The van der Waals surface area contributed by atoms with E-state index in [4.69, 9.17) is 11.5 Å². The van der Waals surface area contributed by atoms with Crippen molar-refractivity contribution in [1.82, 2.24) is 0 Å². The fourth-order valence-corrected chi connectivity index (χ4v) is 2.07. The van der Waals surface area contributed by atoms with Gasteiger partial charge in [-0.3, -0.25) is 9.59 Å². The number of benzene rings is 2. The van der Waals surface area contributed by atoms with E-state index in [1.54, 1.807) is 0 Å². The molecule has 2 rings (SSSR count). The molecule has 0 saturated carbocycles. The highest BCUT2D eigenvalue weighted by Gasteiger charge is 2.02. The van der Waals surface area contributed by atoms with Crippen molar-refractivity contribution in [2.45, 2.75) is 6.42 Å². The molecule has 6 nitrogen and oxygen atoms in total. The molecule has 2 aromatic rings. The normalized spacial score (nSPS) is 10.2. The molecule has 2 amide bonds. The maximum atomic E-state index is 11.2. The van der Waals surface area contributed by atoms with E-state index < -0.39 is 0 Å². The minimum Gasteiger partial charge on any atom is -0.325 e. The lowest BCUT2D eigenvalue weighted by Gasteiger charge is -2.07. The molecule has 6 heteroatoms. The van der Waals surface area contributed by atoms with Crippen molar-refractivity contribution in [2.24, 2.45) is 11.5 Å². The molecule has 2 aromatic carbocycles. The minimum absolute atomic E-state index is 0.0329. The van der Waals surface area contributed by atoms with Gasteiger partial charge in [0.15, 0.2) is 0 Å². The van der Waals surface area contributed by atoms with E-state index in [0.717, 1.165) is 28.9 Å². The first-order chi connectivity index (χ1) is 11.1. The van der Waals surface area contributed by atoms with Gasteiger partial charge in [0.1, 0.15) is 0 Å². The molecule has 6 N–H and O–H groups in total. The maximum absolute atomic E-state index is 11.2. The van der Waals surface area contributed by atoms with Crippen LogP contribution >= 0.6 is 0 Å². The predicted octanol–water partition coefficient (Wildman–Crippen LogP) is 1.07.